The van der Waals surface area contributed by atoms with Crippen LogP contribution in [0.3, 0.4) is 0 Å². The highest BCUT2D eigenvalue weighted by atomic mass is 16.6. The maximum absolute atomic E-state index is 10.5. The van der Waals surface area contributed by atoms with Crippen molar-refractivity contribution in [1.82, 2.24) is 0 Å². The van der Waals surface area contributed by atoms with Gasteiger partial charge in [0.15, 0.2) is 5.79 Å². The molecule has 1 heterocycles. The second-order valence-electron chi connectivity index (χ2n) is 5.22. The summed E-state index contributed by atoms with van der Waals surface area (Å²) in [6.45, 7) is -0.532. The van der Waals surface area contributed by atoms with E-state index in [2.05, 4.69) is 0 Å². The van der Waals surface area contributed by atoms with Gasteiger partial charge >= 0.3 is 0 Å². The summed E-state index contributed by atoms with van der Waals surface area (Å²) in [6, 6.07) is 5.72. The summed E-state index contributed by atoms with van der Waals surface area (Å²) in [5, 5.41) is 39.3. The lowest BCUT2D eigenvalue weighted by Crippen LogP contribution is -2.69. The van der Waals surface area contributed by atoms with Crippen LogP contribution in [0.4, 0.5) is 0 Å². The predicted octanol–water partition coefficient (Wildman–Crippen LogP) is -1.63. The third-order valence-electron chi connectivity index (χ3n) is 3.77. The molecule has 0 saturated carbocycles. The van der Waals surface area contributed by atoms with Gasteiger partial charge < -0.3 is 35.6 Å². The van der Waals surface area contributed by atoms with Crippen molar-refractivity contribution in [2.45, 2.75) is 36.6 Å². The standard InChI is InChI=1S/C14H21NO6/c1-20-9-4-2-8(3-5-9)6-14(19)13(15)12(18)11(17)10(7-16)21-14/h2-5,10-13,16-19H,6-7,15H2,1H3/t10-,11-,12+,13-,14?/m1/s1. The second-order valence-corrected chi connectivity index (χ2v) is 5.22. The van der Waals surface area contributed by atoms with Gasteiger partial charge in [0.05, 0.1) is 19.8 Å². The number of nitrogens with two attached hydrogens (primary N) is 1. The Kier molecular flexibility index (Phi) is 4.82. The molecule has 1 fully saturated rings. The maximum Gasteiger partial charge on any atom is 0.188 e. The molecular formula is C14H21NO6. The van der Waals surface area contributed by atoms with E-state index in [1.165, 1.54) is 0 Å². The van der Waals surface area contributed by atoms with Crippen molar-refractivity contribution in [2.75, 3.05) is 13.7 Å². The minimum Gasteiger partial charge on any atom is -0.497 e. The van der Waals surface area contributed by atoms with Crippen LogP contribution in [0.1, 0.15) is 5.56 Å². The molecular weight excluding hydrogens is 278 g/mol. The molecule has 0 amide bonds. The number of benzene rings is 1. The zero-order valence-electron chi connectivity index (χ0n) is 11.7. The smallest absolute Gasteiger partial charge is 0.188 e. The first kappa shape index (κ1) is 16.2. The second kappa shape index (κ2) is 6.27. The van der Waals surface area contributed by atoms with Crippen LogP contribution in [-0.4, -0.2) is 64.3 Å². The Labute approximate surface area is 122 Å². The van der Waals surface area contributed by atoms with Crippen LogP contribution < -0.4 is 10.5 Å². The number of aliphatic hydroxyl groups excluding tert-OH is 3. The Morgan fingerprint density at radius 2 is 1.86 bits per heavy atom. The average molecular weight is 299 g/mol. The van der Waals surface area contributed by atoms with Crippen LogP contribution in [0.2, 0.25) is 0 Å². The molecule has 1 aliphatic rings. The summed E-state index contributed by atoms with van der Waals surface area (Å²) in [5.74, 6) is -1.20. The summed E-state index contributed by atoms with van der Waals surface area (Å²) < 4.78 is 10.4. The fraction of sp³-hybridized carbons (Fsp3) is 0.571. The van der Waals surface area contributed by atoms with Crippen LogP contribution in [0.15, 0.2) is 24.3 Å². The molecule has 0 bridgehead atoms. The van der Waals surface area contributed by atoms with Gasteiger partial charge in [0, 0.05) is 6.42 Å². The number of rotatable bonds is 4. The summed E-state index contributed by atoms with van der Waals surface area (Å²) >= 11 is 0. The number of hydrogen-bond donors (Lipinski definition) is 5. The first-order valence-corrected chi connectivity index (χ1v) is 6.67. The first-order valence-electron chi connectivity index (χ1n) is 6.67. The maximum atomic E-state index is 10.5. The fourth-order valence-electron chi connectivity index (χ4n) is 2.45. The van der Waals surface area contributed by atoms with Gasteiger partial charge in [-0.05, 0) is 17.7 Å². The molecule has 0 radical (unpaired) electrons. The molecule has 5 atom stereocenters. The van der Waals surface area contributed by atoms with E-state index in [9.17, 15) is 15.3 Å². The van der Waals surface area contributed by atoms with Gasteiger partial charge in [0.1, 0.15) is 24.1 Å². The van der Waals surface area contributed by atoms with Crippen molar-refractivity contribution >= 4 is 0 Å². The third kappa shape index (κ3) is 3.18. The molecule has 0 aliphatic carbocycles. The zero-order chi connectivity index (χ0) is 15.6. The highest BCUT2D eigenvalue weighted by Crippen LogP contribution is 2.30. The van der Waals surface area contributed by atoms with Crippen molar-refractivity contribution < 1.29 is 29.9 Å². The predicted molar refractivity (Wildman–Crippen MR) is 73.6 cm³/mol. The van der Waals surface area contributed by atoms with Crippen LogP contribution in [0.25, 0.3) is 0 Å². The molecule has 7 nitrogen and oxygen atoms in total. The van der Waals surface area contributed by atoms with Crippen molar-refractivity contribution in [3.63, 3.8) is 0 Å². The Morgan fingerprint density at radius 1 is 1.24 bits per heavy atom. The topological polar surface area (TPSA) is 125 Å². The Bertz CT molecular complexity index is 465. The van der Waals surface area contributed by atoms with Gasteiger partial charge in [-0.1, -0.05) is 12.1 Å². The van der Waals surface area contributed by atoms with E-state index in [4.69, 9.17) is 20.3 Å². The quantitative estimate of drug-likeness (QED) is 0.452. The third-order valence-corrected chi connectivity index (χ3v) is 3.77. The van der Waals surface area contributed by atoms with Crippen LogP contribution in [0.5, 0.6) is 5.75 Å². The van der Waals surface area contributed by atoms with Gasteiger partial charge in [-0.3, -0.25) is 0 Å². The minimum absolute atomic E-state index is 0.0123. The normalized spacial score (nSPS) is 36.5. The van der Waals surface area contributed by atoms with Crippen molar-refractivity contribution in [1.29, 1.82) is 0 Å². The van der Waals surface area contributed by atoms with E-state index in [0.717, 1.165) is 0 Å². The Morgan fingerprint density at radius 3 is 2.38 bits per heavy atom. The minimum atomic E-state index is -1.87. The first-order chi connectivity index (χ1) is 9.91. The van der Waals surface area contributed by atoms with Gasteiger partial charge in [-0.2, -0.15) is 0 Å². The summed E-state index contributed by atoms with van der Waals surface area (Å²) in [5.41, 5.74) is 6.49. The summed E-state index contributed by atoms with van der Waals surface area (Å²) in [7, 11) is 1.55. The van der Waals surface area contributed by atoms with E-state index < -0.39 is 36.7 Å². The molecule has 1 unspecified atom stereocenters. The number of methoxy groups -OCH3 is 1. The van der Waals surface area contributed by atoms with Gasteiger partial charge in [-0.15, -0.1) is 0 Å². The van der Waals surface area contributed by atoms with Crippen LogP contribution in [-0.2, 0) is 11.2 Å². The van der Waals surface area contributed by atoms with Crippen LogP contribution in [0, 0.1) is 0 Å². The van der Waals surface area contributed by atoms with E-state index in [1.54, 1.807) is 31.4 Å². The average Bonchev–Trinajstić information content (AvgIpc) is 2.50. The molecule has 118 valence electrons. The van der Waals surface area contributed by atoms with E-state index in [-0.39, 0.29) is 6.42 Å². The number of aliphatic hydroxyl groups is 4. The number of ether oxygens (including phenoxy) is 2. The monoisotopic (exact) mass is 299 g/mol. The van der Waals surface area contributed by atoms with Gasteiger partial charge in [-0.25, -0.2) is 0 Å². The molecule has 21 heavy (non-hydrogen) atoms. The Hall–Kier alpha value is -1.22. The molecule has 1 aromatic rings. The van der Waals surface area contributed by atoms with E-state index in [0.29, 0.717) is 11.3 Å². The molecule has 0 aromatic heterocycles. The van der Waals surface area contributed by atoms with Gasteiger partial charge in [0.25, 0.3) is 0 Å². The zero-order valence-corrected chi connectivity index (χ0v) is 11.7. The fourth-order valence-corrected chi connectivity index (χ4v) is 2.45. The molecule has 1 saturated heterocycles. The molecule has 7 heteroatoms. The molecule has 0 spiro atoms. The van der Waals surface area contributed by atoms with Gasteiger partial charge in [0.2, 0.25) is 0 Å². The Balaban J connectivity index is 2.18. The summed E-state index contributed by atoms with van der Waals surface area (Å²) in [6.07, 6.45) is -3.82. The summed E-state index contributed by atoms with van der Waals surface area (Å²) in [4.78, 5) is 0. The van der Waals surface area contributed by atoms with Crippen molar-refractivity contribution in [3.05, 3.63) is 29.8 Å². The lowest BCUT2D eigenvalue weighted by atomic mass is 9.87. The van der Waals surface area contributed by atoms with E-state index >= 15 is 0 Å². The van der Waals surface area contributed by atoms with Crippen molar-refractivity contribution in [2.24, 2.45) is 5.73 Å². The van der Waals surface area contributed by atoms with Crippen LogP contribution >= 0.6 is 0 Å². The lowest BCUT2D eigenvalue weighted by Gasteiger charge is -2.46. The largest absolute Gasteiger partial charge is 0.497 e. The number of hydrogen-bond acceptors (Lipinski definition) is 7. The molecule has 1 aromatic carbocycles. The lowest BCUT2D eigenvalue weighted by molar-refractivity contribution is -0.313. The highest BCUT2D eigenvalue weighted by Gasteiger charge is 2.51. The highest BCUT2D eigenvalue weighted by molar-refractivity contribution is 5.28. The molecule has 1 aliphatic heterocycles. The van der Waals surface area contributed by atoms with E-state index in [1.807, 2.05) is 0 Å². The molecule has 2 rings (SSSR count). The SMILES string of the molecule is COc1ccc(CC2(O)O[C@H](CO)[C@@H](O)[C@H](O)[C@H]2N)cc1. The van der Waals surface area contributed by atoms with Crippen molar-refractivity contribution in [3.8, 4) is 5.75 Å². The molecule has 6 N–H and O–H groups in total.